The van der Waals surface area contributed by atoms with Gasteiger partial charge in [-0.15, -0.1) is 0 Å². The van der Waals surface area contributed by atoms with Crippen molar-refractivity contribution in [3.8, 4) is 0 Å². The molecule has 2 aliphatic rings. The van der Waals surface area contributed by atoms with E-state index in [4.69, 9.17) is 0 Å². The van der Waals surface area contributed by atoms with E-state index in [1.165, 1.54) is 0 Å². The fourth-order valence-corrected chi connectivity index (χ4v) is 4.61. The summed E-state index contributed by atoms with van der Waals surface area (Å²) in [4.78, 5) is 29.0. The Kier molecular flexibility index (Phi) is 5.67. The van der Waals surface area contributed by atoms with E-state index in [2.05, 4.69) is 12.1 Å². The van der Waals surface area contributed by atoms with E-state index < -0.39 is 6.10 Å². The summed E-state index contributed by atoms with van der Waals surface area (Å²) in [5, 5.41) is 10.4. The molecule has 0 aromatic heterocycles. The first-order valence-corrected chi connectivity index (χ1v) is 10.4. The standard InChI is InChI=1S/C24H28N2O3/c27-21-11-12-24(18-26(21)17-19-7-3-1-4-8-19)13-15-25(16-14-24)23(29)22(28)20-9-5-2-6-10-20/h1-10,22,28H,11-18H2/t22-/m1/s1. The van der Waals surface area contributed by atoms with Gasteiger partial charge in [0.05, 0.1) is 0 Å². The van der Waals surface area contributed by atoms with Gasteiger partial charge in [-0.05, 0) is 35.8 Å². The van der Waals surface area contributed by atoms with Crippen molar-refractivity contribution < 1.29 is 14.7 Å². The Morgan fingerprint density at radius 1 is 0.966 bits per heavy atom. The molecule has 29 heavy (non-hydrogen) atoms. The Labute approximate surface area is 171 Å². The van der Waals surface area contributed by atoms with E-state index in [0.717, 1.165) is 31.4 Å². The first-order valence-electron chi connectivity index (χ1n) is 10.4. The number of benzene rings is 2. The molecule has 2 aliphatic heterocycles. The summed E-state index contributed by atoms with van der Waals surface area (Å²) < 4.78 is 0. The Balaban J connectivity index is 1.37. The average Bonchev–Trinajstić information content (AvgIpc) is 2.77. The van der Waals surface area contributed by atoms with Crippen LogP contribution in [0.15, 0.2) is 60.7 Å². The van der Waals surface area contributed by atoms with Crippen LogP contribution < -0.4 is 0 Å². The highest BCUT2D eigenvalue weighted by molar-refractivity contribution is 5.82. The Hall–Kier alpha value is -2.66. The van der Waals surface area contributed by atoms with E-state index in [1.807, 2.05) is 41.3 Å². The molecule has 1 atom stereocenters. The second kappa shape index (κ2) is 8.37. The lowest BCUT2D eigenvalue weighted by atomic mass is 9.72. The number of nitrogens with zero attached hydrogens (tertiary/aromatic N) is 2. The van der Waals surface area contributed by atoms with Gasteiger partial charge in [-0.25, -0.2) is 0 Å². The third kappa shape index (κ3) is 4.35. The van der Waals surface area contributed by atoms with Crippen molar-refractivity contribution in [2.75, 3.05) is 19.6 Å². The van der Waals surface area contributed by atoms with Gasteiger partial charge in [0, 0.05) is 32.6 Å². The van der Waals surface area contributed by atoms with E-state index in [9.17, 15) is 14.7 Å². The van der Waals surface area contributed by atoms with Gasteiger partial charge in [0.1, 0.15) is 0 Å². The summed E-state index contributed by atoms with van der Waals surface area (Å²) in [6.45, 7) is 2.67. The zero-order valence-electron chi connectivity index (χ0n) is 16.7. The fraction of sp³-hybridized carbons (Fsp3) is 0.417. The molecular formula is C24H28N2O3. The van der Waals surface area contributed by atoms with Gasteiger partial charge in [0.2, 0.25) is 5.91 Å². The number of hydrogen-bond acceptors (Lipinski definition) is 3. The topological polar surface area (TPSA) is 60.9 Å². The molecule has 1 N–H and O–H groups in total. The molecule has 4 rings (SSSR count). The molecule has 2 saturated heterocycles. The molecule has 0 saturated carbocycles. The lowest BCUT2D eigenvalue weighted by molar-refractivity contribution is -0.147. The molecule has 2 aromatic rings. The van der Waals surface area contributed by atoms with Crippen LogP contribution in [-0.4, -0.2) is 46.4 Å². The molecule has 2 heterocycles. The minimum Gasteiger partial charge on any atom is -0.378 e. The Morgan fingerprint density at radius 3 is 2.24 bits per heavy atom. The summed E-state index contributed by atoms with van der Waals surface area (Å²) in [5.74, 6) is -0.00318. The summed E-state index contributed by atoms with van der Waals surface area (Å²) in [6, 6.07) is 19.2. The van der Waals surface area contributed by atoms with Crippen LogP contribution in [-0.2, 0) is 16.1 Å². The maximum Gasteiger partial charge on any atom is 0.256 e. The highest BCUT2D eigenvalue weighted by Crippen LogP contribution is 2.41. The molecule has 2 amide bonds. The molecule has 1 spiro atoms. The van der Waals surface area contributed by atoms with Crippen molar-refractivity contribution in [1.82, 2.24) is 9.80 Å². The monoisotopic (exact) mass is 392 g/mol. The van der Waals surface area contributed by atoms with Crippen molar-refractivity contribution in [2.24, 2.45) is 5.41 Å². The van der Waals surface area contributed by atoms with Gasteiger partial charge in [-0.3, -0.25) is 9.59 Å². The Bertz CT molecular complexity index is 845. The van der Waals surface area contributed by atoms with Crippen molar-refractivity contribution >= 4 is 11.8 Å². The van der Waals surface area contributed by atoms with E-state index in [1.54, 1.807) is 17.0 Å². The molecule has 2 aromatic carbocycles. The number of rotatable bonds is 4. The van der Waals surface area contributed by atoms with Gasteiger partial charge in [0.15, 0.2) is 6.10 Å². The maximum atomic E-state index is 12.7. The van der Waals surface area contributed by atoms with Crippen LogP contribution in [0.25, 0.3) is 0 Å². The molecule has 5 heteroatoms. The molecule has 0 aliphatic carbocycles. The molecule has 0 unspecified atom stereocenters. The number of aliphatic hydroxyl groups is 1. The minimum absolute atomic E-state index is 0.0805. The lowest BCUT2D eigenvalue weighted by Crippen LogP contribution is -2.52. The maximum absolute atomic E-state index is 12.7. The van der Waals surface area contributed by atoms with Crippen LogP contribution in [0.1, 0.15) is 42.9 Å². The number of carbonyl (C=O) groups is 2. The third-order valence-corrected chi connectivity index (χ3v) is 6.45. The molecule has 5 nitrogen and oxygen atoms in total. The van der Waals surface area contributed by atoms with Crippen LogP contribution in [0, 0.1) is 5.41 Å². The first-order chi connectivity index (χ1) is 14.1. The zero-order chi connectivity index (χ0) is 20.3. The van der Waals surface area contributed by atoms with Crippen molar-refractivity contribution in [3.63, 3.8) is 0 Å². The van der Waals surface area contributed by atoms with Crippen molar-refractivity contribution in [2.45, 2.75) is 38.3 Å². The van der Waals surface area contributed by atoms with Crippen LogP contribution in [0.2, 0.25) is 0 Å². The molecule has 152 valence electrons. The predicted octanol–water partition coefficient (Wildman–Crippen LogP) is 3.15. The van der Waals surface area contributed by atoms with E-state index in [-0.39, 0.29) is 17.2 Å². The molecule has 0 radical (unpaired) electrons. The zero-order valence-corrected chi connectivity index (χ0v) is 16.7. The molecule has 2 fully saturated rings. The van der Waals surface area contributed by atoms with Gasteiger partial charge in [-0.1, -0.05) is 60.7 Å². The normalized spacial score (nSPS) is 20.0. The second-order valence-corrected chi connectivity index (χ2v) is 8.37. The molecular weight excluding hydrogens is 364 g/mol. The first kappa shape index (κ1) is 19.6. The number of likely N-dealkylation sites (tertiary alicyclic amines) is 2. The van der Waals surface area contributed by atoms with Crippen LogP contribution in [0.4, 0.5) is 0 Å². The number of amides is 2. The van der Waals surface area contributed by atoms with Gasteiger partial charge in [0.25, 0.3) is 5.91 Å². The van der Waals surface area contributed by atoms with Crippen molar-refractivity contribution in [3.05, 3.63) is 71.8 Å². The van der Waals surface area contributed by atoms with Gasteiger partial charge < -0.3 is 14.9 Å². The number of carbonyl (C=O) groups excluding carboxylic acids is 2. The smallest absolute Gasteiger partial charge is 0.256 e. The highest BCUT2D eigenvalue weighted by Gasteiger charge is 2.42. The SMILES string of the molecule is O=C1CCC2(CCN(C(=O)[C@H](O)c3ccccc3)CC2)CN1Cc1ccccc1. The quantitative estimate of drug-likeness (QED) is 0.870. The summed E-state index contributed by atoms with van der Waals surface area (Å²) >= 11 is 0. The molecule has 0 bridgehead atoms. The van der Waals surface area contributed by atoms with E-state index in [0.29, 0.717) is 31.6 Å². The number of piperidine rings is 2. The summed E-state index contributed by atoms with van der Waals surface area (Å²) in [5.41, 5.74) is 1.86. The van der Waals surface area contributed by atoms with Crippen LogP contribution in [0.3, 0.4) is 0 Å². The summed E-state index contributed by atoms with van der Waals surface area (Å²) in [6.07, 6.45) is 2.11. The average molecular weight is 392 g/mol. The van der Waals surface area contributed by atoms with E-state index >= 15 is 0 Å². The number of hydrogen-bond donors (Lipinski definition) is 1. The fourth-order valence-electron chi connectivity index (χ4n) is 4.61. The van der Waals surface area contributed by atoms with Gasteiger partial charge >= 0.3 is 0 Å². The number of aliphatic hydroxyl groups excluding tert-OH is 1. The van der Waals surface area contributed by atoms with Crippen molar-refractivity contribution in [1.29, 1.82) is 0 Å². The van der Waals surface area contributed by atoms with Gasteiger partial charge in [-0.2, -0.15) is 0 Å². The Morgan fingerprint density at radius 2 is 1.59 bits per heavy atom. The highest BCUT2D eigenvalue weighted by atomic mass is 16.3. The van der Waals surface area contributed by atoms with Crippen LogP contribution >= 0.6 is 0 Å². The minimum atomic E-state index is -1.10. The predicted molar refractivity (Wildman–Crippen MR) is 111 cm³/mol. The largest absolute Gasteiger partial charge is 0.378 e. The lowest BCUT2D eigenvalue weighted by Gasteiger charge is -2.47. The second-order valence-electron chi connectivity index (χ2n) is 8.37. The summed E-state index contributed by atoms with van der Waals surface area (Å²) in [7, 11) is 0. The third-order valence-electron chi connectivity index (χ3n) is 6.45. The van der Waals surface area contributed by atoms with Crippen LogP contribution in [0.5, 0.6) is 0 Å².